The van der Waals surface area contributed by atoms with Crippen LogP contribution in [0.2, 0.25) is 0 Å². The molecule has 1 N–H and O–H groups in total. The molecule has 0 saturated carbocycles. The van der Waals surface area contributed by atoms with E-state index in [9.17, 15) is 0 Å². The summed E-state index contributed by atoms with van der Waals surface area (Å²) >= 11 is 0. The first kappa shape index (κ1) is 8.69. The molecule has 0 saturated heterocycles. The van der Waals surface area contributed by atoms with Crippen LogP contribution in [0.3, 0.4) is 0 Å². The zero-order chi connectivity index (χ0) is 9.97. The summed E-state index contributed by atoms with van der Waals surface area (Å²) in [5.74, 6) is 1.01. The lowest BCUT2D eigenvalue weighted by Gasteiger charge is -2.00. The fraction of sp³-hybridized carbons (Fsp3) is 0.0909. The molecule has 1 heterocycles. The molecular formula is C11H10N2O. The van der Waals surface area contributed by atoms with Crippen molar-refractivity contribution in [3.8, 4) is 17.0 Å². The largest absolute Gasteiger partial charge is 0.508 e. The lowest BCUT2D eigenvalue weighted by Crippen LogP contribution is -1.89. The summed E-state index contributed by atoms with van der Waals surface area (Å²) in [5.41, 5.74) is 1.85. The molecule has 0 amide bonds. The number of rotatable bonds is 1. The third-order valence-corrected chi connectivity index (χ3v) is 1.94. The number of aromatic hydroxyl groups is 1. The number of aryl methyl sites for hydroxylation is 1. The topological polar surface area (TPSA) is 46.0 Å². The van der Waals surface area contributed by atoms with Gasteiger partial charge in [-0.15, -0.1) is 0 Å². The molecule has 0 unspecified atom stereocenters. The summed E-state index contributed by atoms with van der Waals surface area (Å²) in [6.07, 6.45) is 1.73. The number of hydrogen-bond acceptors (Lipinski definition) is 3. The van der Waals surface area contributed by atoms with Gasteiger partial charge < -0.3 is 5.11 Å². The molecule has 70 valence electrons. The minimum absolute atomic E-state index is 0.263. The maximum absolute atomic E-state index is 9.13. The molecule has 0 aliphatic carbocycles. The van der Waals surface area contributed by atoms with Crippen LogP contribution in [0.15, 0.2) is 36.5 Å². The molecule has 0 radical (unpaired) electrons. The molecule has 0 bridgehead atoms. The fourth-order valence-corrected chi connectivity index (χ4v) is 1.25. The lowest BCUT2D eigenvalue weighted by atomic mass is 10.1. The van der Waals surface area contributed by atoms with Crippen molar-refractivity contribution in [1.82, 2.24) is 9.97 Å². The van der Waals surface area contributed by atoms with Gasteiger partial charge in [0, 0.05) is 11.8 Å². The van der Waals surface area contributed by atoms with Crippen molar-refractivity contribution in [2.24, 2.45) is 0 Å². The maximum atomic E-state index is 9.13. The molecule has 14 heavy (non-hydrogen) atoms. The van der Waals surface area contributed by atoms with Crippen LogP contribution in [0.25, 0.3) is 11.3 Å². The monoisotopic (exact) mass is 186 g/mol. The normalized spacial score (nSPS) is 10.1. The van der Waals surface area contributed by atoms with Crippen molar-refractivity contribution in [1.29, 1.82) is 0 Å². The Morgan fingerprint density at radius 2 is 1.79 bits per heavy atom. The van der Waals surface area contributed by atoms with Crippen molar-refractivity contribution >= 4 is 0 Å². The van der Waals surface area contributed by atoms with E-state index in [0.717, 1.165) is 17.1 Å². The number of phenolic OH excluding ortho intramolecular Hbond substituents is 1. The molecule has 1 aromatic heterocycles. The number of hydrogen-bond donors (Lipinski definition) is 1. The maximum Gasteiger partial charge on any atom is 0.125 e. The summed E-state index contributed by atoms with van der Waals surface area (Å²) in [5, 5.41) is 9.13. The van der Waals surface area contributed by atoms with Crippen LogP contribution in [0.1, 0.15) is 5.82 Å². The minimum Gasteiger partial charge on any atom is -0.508 e. The van der Waals surface area contributed by atoms with Crippen LogP contribution in [-0.2, 0) is 0 Å². The SMILES string of the molecule is Cc1nccc(-c2ccc(O)cc2)n1. The number of benzene rings is 1. The van der Waals surface area contributed by atoms with Crippen molar-refractivity contribution in [2.75, 3.05) is 0 Å². The molecule has 1 aromatic carbocycles. The highest BCUT2D eigenvalue weighted by Crippen LogP contribution is 2.19. The van der Waals surface area contributed by atoms with Gasteiger partial charge in [-0.05, 0) is 37.3 Å². The van der Waals surface area contributed by atoms with E-state index in [4.69, 9.17) is 5.11 Å². The van der Waals surface area contributed by atoms with Gasteiger partial charge in [-0.3, -0.25) is 0 Å². The molecule has 0 fully saturated rings. The number of aromatic nitrogens is 2. The molecule has 2 aromatic rings. The van der Waals surface area contributed by atoms with Gasteiger partial charge in [0.1, 0.15) is 11.6 Å². The summed E-state index contributed by atoms with van der Waals surface area (Å²) in [4.78, 5) is 8.30. The number of nitrogens with zero attached hydrogens (tertiary/aromatic N) is 2. The van der Waals surface area contributed by atoms with E-state index in [1.807, 2.05) is 25.1 Å². The molecule has 3 nitrogen and oxygen atoms in total. The molecule has 3 heteroatoms. The van der Waals surface area contributed by atoms with E-state index in [1.54, 1.807) is 18.3 Å². The summed E-state index contributed by atoms with van der Waals surface area (Å²) in [7, 11) is 0. The van der Waals surface area contributed by atoms with Crippen LogP contribution in [0.5, 0.6) is 5.75 Å². The third kappa shape index (κ3) is 1.71. The van der Waals surface area contributed by atoms with Crippen molar-refractivity contribution in [3.05, 3.63) is 42.4 Å². The zero-order valence-corrected chi connectivity index (χ0v) is 7.81. The third-order valence-electron chi connectivity index (χ3n) is 1.94. The predicted molar refractivity (Wildman–Crippen MR) is 53.9 cm³/mol. The smallest absolute Gasteiger partial charge is 0.125 e. The van der Waals surface area contributed by atoms with Gasteiger partial charge in [0.05, 0.1) is 5.69 Å². The second-order valence-electron chi connectivity index (χ2n) is 3.04. The van der Waals surface area contributed by atoms with Crippen LogP contribution in [0, 0.1) is 6.92 Å². The minimum atomic E-state index is 0.263. The summed E-state index contributed by atoms with van der Waals surface area (Å²) in [6, 6.07) is 8.80. The standard InChI is InChI=1S/C11H10N2O/c1-8-12-7-6-11(13-8)9-2-4-10(14)5-3-9/h2-7,14H,1H3. The van der Waals surface area contributed by atoms with Crippen molar-refractivity contribution < 1.29 is 5.11 Å². The van der Waals surface area contributed by atoms with Gasteiger partial charge in [-0.1, -0.05) is 0 Å². The average Bonchev–Trinajstić information content (AvgIpc) is 2.19. The Hall–Kier alpha value is -1.90. The van der Waals surface area contributed by atoms with Gasteiger partial charge in [0.15, 0.2) is 0 Å². The van der Waals surface area contributed by atoms with Gasteiger partial charge >= 0.3 is 0 Å². The molecular weight excluding hydrogens is 176 g/mol. The fourth-order valence-electron chi connectivity index (χ4n) is 1.25. The first-order valence-electron chi connectivity index (χ1n) is 4.35. The molecule has 0 aliphatic rings. The Labute approximate surface area is 82.1 Å². The number of phenols is 1. The predicted octanol–water partition coefficient (Wildman–Crippen LogP) is 2.16. The van der Waals surface area contributed by atoms with E-state index in [2.05, 4.69) is 9.97 Å². The summed E-state index contributed by atoms with van der Waals surface area (Å²) in [6.45, 7) is 1.85. The first-order chi connectivity index (χ1) is 6.75. The Kier molecular flexibility index (Phi) is 2.14. The zero-order valence-electron chi connectivity index (χ0n) is 7.81. The van der Waals surface area contributed by atoms with Gasteiger partial charge in [-0.2, -0.15) is 0 Å². The molecule has 2 rings (SSSR count). The second-order valence-corrected chi connectivity index (χ2v) is 3.04. The Morgan fingerprint density at radius 3 is 2.43 bits per heavy atom. The van der Waals surface area contributed by atoms with Gasteiger partial charge in [0.25, 0.3) is 0 Å². The Morgan fingerprint density at radius 1 is 1.07 bits per heavy atom. The average molecular weight is 186 g/mol. The summed E-state index contributed by atoms with van der Waals surface area (Å²) < 4.78 is 0. The van der Waals surface area contributed by atoms with E-state index < -0.39 is 0 Å². The highest BCUT2D eigenvalue weighted by atomic mass is 16.3. The molecule has 0 atom stereocenters. The molecule has 0 spiro atoms. The van der Waals surface area contributed by atoms with E-state index >= 15 is 0 Å². The quantitative estimate of drug-likeness (QED) is 0.742. The lowest BCUT2D eigenvalue weighted by molar-refractivity contribution is 0.475. The van der Waals surface area contributed by atoms with E-state index in [0.29, 0.717) is 0 Å². The second kappa shape index (κ2) is 3.46. The van der Waals surface area contributed by atoms with Crippen molar-refractivity contribution in [2.45, 2.75) is 6.92 Å². The highest BCUT2D eigenvalue weighted by Gasteiger charge is 1.99. The van der Waals surface area contributed by atoms with Crippen LogP contribution >= 0.6 is 0 Å². The highest BCUT2D eigenvalue weighted by molar-refractivity contribution is 5.59. The van der Waals surface area contributed by atoms with Crippen LogP contribution in [-0.4, -0.2) is 15.1 Å². The van der Waals surface area contributed by atoms with E-state index in [-0.39, 0.29) is 5.75 Å². The Bertz CT molecular complexity index is 437. The van der Waals surface area contributed by atoms with Crippen LogP contribution in [0.4, 0.5) is 0 Å². The van der Waals surface area contributed by atoms with Gasteiger partial charge in [-0.25, -0.2) is 9.97 Å². The van der Waals surface area contributed by atoms with E-state index in [1.165, 1.54) is 0 Å². The first-order valence-corrected chi connectivity index (χ1v) is 4.35. The molecule has 0 aliphatic heterocycles. The van der Waals surface area contributed by atoms with Crippen molar-refractivity contribution in [3.63, 3.8) is 0 Å². The van der Waals surface area contributed by atoms with Gasteiger partial charge in [0.2, 0.25) is 0 Å². The van der Waals surface area contributed by atoms with Crippen LogP contribution < -0.4 is 0 Å². The Balaban J connectivity index is 2.44.